The maximum absolute atomic E-state index is 13.5. The maximum atomic E-state index is 13.5. The smallest absolute Gasteiger partial charge is 0.338 e. The second-order valence-corrected chi connectivity index (χ2v) is 4.10. The van der Waals surface area contributed by atoms with Gasteiger partial charge in [0.15, 0.2) is 0 Å². The minimum Gasteiger partial charge on any atom is -0.478 e. The summed E-state index contributed by atoms with van der Waals surface area (Å²) >= 11 is 0. The molecule has 0 atom stereocenters. The van der Waals surface area contributed by atoms with Crippen LogP contribution in [0.3, 0.4) is 0 Å². The summed E-state index contributed by atoms with van der Waals surface area (Å²) in [6, 6.07) is 2.18. The molecule has 0 aliphatic rings. The van der Waals surface area contributed by atoms with Crippen LogP contribution in [0.1, 0.15) is 21.6 Å². The van der Waals surface area contributed by atoms with E-state index < -0.39 is 17.3 Å². The molecule has 100 valence electrons. The van der Waals surface area contributed by atoms with E-state index in [4.69, 9.17) is 10.8 Å². The van der Waals surface area contributed by atoms with Crippen molar-refractivity contribution >= 4 is 17.3 Å². The zero-order chi connectivity index (χ0) is 14.0. The molecular formula is C12H13FN4O2. The molecule has 0 unspecified atom stereocenters. The topological polar surface area (TPSA) is 104 Å². The Hall–Kier alpha value is -2.57. The lowest BCUT2D eigenvalue weighted by atomic mass is 10.1. The van der Waals surface area contributed by atoms with Crippen LogP contribution in [0.15, 0.2) is 18.3 Å². The Morgan fingerprint density at radius 2 is 2.32 bits per heavy atom. The van der Waals surface area contributed by atoms with Crippen molar-refractivity contribution in [1.29, 1.82) is 0 Å². The third kappa shape index (κ3) is 2.65. The molecule has 1 aromatic heterocycles. The normalized spacial score (nSPS) is 10.4. The Labute approximate surface area is 108 Å². The minimum absolute atomic E-state index is 0.181. The number of aromatic amines is 1. The molecule has 6 nitrogen and oxygen atoms in total. The summed E-state index contributed by atoms with van der Waals surface area (Å²) < 4.78 is 13.5. The molecule has 0 bridgehead atoms. The van der Waals surface area contributed by atoms with Crippen LogP contribution in [0.25, 0.3) is 0 Å². The van der Waals surface area contributed by atoms with Crippen molar-refractivity contribution in [2.24, 2.45) is 0 Å². The van der Waals surface area contributed by atoms with Gasteiger partial charge in [0, 0.05) is 17.8 Å². The van der Waals surface area contributed by atoms with Crippen LogP contribution in [0.5, 0.6) is 0 Å². The van der Waals surface area contributed by atoms with Crippen molar-refractivity contribution in [3.8, 4) is 0 Å². The number of aryl methyl sites for hydroxylation is 1. The van der Waals surface area contributed by atoms with E-state index in [9.17, 15) is 9.18 Å². The zero-order valence-corrected chi connectivity index (χ0v) is 10.2. The number of aromatic carboxylic acids is 1. The van der Waals surface area contributed by atoms with Crippen LogP contribution in [0.4, 0.5) is 15.8 Å². The van der Waals surface area contributed by atoms with Crippen LogP contribution in [0, 0.1) is 12.7 Å². The molecule has 0 amide bonds. The number of H-pyrrole nitrogens is 1. The molecule has 0 radical (unpaired) electrons. The number of rotatable bonds is 4. The molecule has 0 aliphatic heterocycles. The fourth-order valence-electron chi connectivity index (χ4n) is 1.65. The average Bonchev–Trinajstić information content (AvgIpc) is 2.75. The van der Waals surface area contributed by atoms with Gasteiger partial charge in [0.2, 0.25) is 0 Å². The number of nitrogens with zero attached hydrogens (tertiary/aromatic N) is 1. The van der Waals surface area contributed by atoms with Gasteiger partial charge in [0.05, 0.1) is 23.1 Å². The molecule has 1 aromatic carbocycles. The number of carboxylic acid groups (broad SMARTS) is 1. The van der Waals surface area contributed by atoms with E-state index in [1.54, 1.807) is 6.20 Å². The number of nitrogen functional groups attached to an aromatic ring is 1. The van der Waals surface area contributed by atoms with Gasteiger partial charge in [-0.1, -0.05) is 0 Å². The first-order valence-corrected chi connectivity index (χ1v) is 5.54. The lowest BCUT2D eigenvalue weighted by Crippen LogP contribution is -2.07. The summed E-state index contributed by atoms with van der Waals surface area (Å²) in [5.74, 6) is -2.17. The molecule has 0 saturated heterocycles. The molecule has 0 spiro atoms. The van der Waals surface area contributed by atoms with Crippen molar-refractivity contribution in [3.63, 3.8) is 0 Å². The van der Waals surface area contributed by atoms with Gasteiger partial charge in [0.25, 0.3) is 0 Å². The van der Waals surface area contributed by atoms with Gasteiger partial charge in [-0.3, -0.25) is 5.10 Å². The van der Waals surface area contributed by atoms with E-state index in [1.807, 2.05) is 6.92 Å². The van der Waals surface area contributed by atoms with Crippen molar-refractivity contribution in [3.05, 3.63) is 41.0 Å². The molecule has 19 heavy (non-hydrogen) atoms. The number of anilines is 2. The summed E-state index contributed by atoms with van der Waals surface area (Å²) in [4.78, 5) is 10.7. The van der Waals surface area contributed by atoms with E-state index in [0.717, 1.165) is 23.4 Å². The lowest BCUT2D eigenvalue weighted by molar-refractivity contribution is 0.0692. The Morgan fingerprint density at radius 1 is 1.58 bits per heavy atom. The first kappa shape index (κ1) is 12.9. The van der Waals surface area contributed by atoms with Gasteiger partial charge in [-0.15, -0.1) is 0 Å². The summed E-state index contributed by atoms with van der Waals surface area (Å²) in [6.07, 6.45) is 1.65. The second-order valence-electron chi connectivity index (χ2n) is 4.10. The standard InChI is InChI=1S/C12H13FN4O2/c1-6-7(5-16-17-6)4-15-11-3-9(13)8(12(18)19)2-10(11)14/h2-3,5,15H,4,14H2,1H3,(H,16,17)(H,18,19). The quantitative estimate of drug-likeness (QED) is 0.630. The molecule has 5 N–H and O–H groups in total. The summed E-state index contributed by atoms with van der Waals surface area (Å²) in [6.45, 7) is 2.28. The number of nitrogens with one attached hydrogen (secondary N) is 2. The summed E-state index contributed by atoms with van der Waals surface area (Å²) in [7, 11) is 0. The number of benzene rings is 1. The first-order valence-electron chi connectivity index (χ1n) is 5.54. The summed E-state index contributed by atoms with van der Waals surface area (Å²) in [5.41, 5.74) is 7.59. The van der Waals surface area contributed by atoms with Crippen LogP contribution >= 0.6 is 0 Å². The van der Waals surface area contributed by atoms with Crippen molar-refractivity contribution in [1.82, 2.24) is 10.2 Å². The number of nitrogens with two attached hydrogens (primary N) is 1. The highest BCUT2D eigenvalue weighted by Gasteiger charge is 2.13. The monoisotopic (exact) mass is 264 g/mol. The van der Waals surface area contributed by atoms with Crippen LogP contribution in [-0.2, 0) is 6.54 Å². The van der Waals surface area contributed by atoms with E-state index >= 15 is 0 Å². The predicted molar refractivity (Wildman–Crippen MR) is 68.4 cm³/mol. The van der Waals surface area contributed by atoms with E-state index in [0.29, 0.717) is 12.2 Å². The number of hydrogen-bond acceptors (Lipinski definition) is 4. The molecule has 0 aliphatic carbocycles. The van der Waals surface area contributed by atoms with Gasteiger partial charge in [-0.2, -0.15) is 5.10 Å². The predicted octanol–water partition coefficient (Wildman–Crippen LogP) is 1.75. The molecule has 0 saturated carbocycles. The second kappa shape index (κ2) is 4.97. The third-order valence-electron chi connectivity index (χ3n) is 2.77. The number of carboxylic acids is 1. The van der Waals surface area contributed by atoms with Gasteiger partial charge in [-0.05, 0) is 19.1 Å². The van der Waals surface area contributed by atoms with E-state index in [2.05, 4.69) is 15.5 Å². The molecule has 7 heteroatoms. The van der Waals surface area contributed by atoms with Crippen molar-refractivity contribution in [2.45, 2.75) is 13.5 Å². The number of hydrogen-bond donors (Lipinski definition) is 4. The Balaban J connectivity index is 2.20. The SMILES string of the molecule is Cc1[nH]ncc1CNc1cc(F)c(C(=O)O)cc1N. The highest BCUT2D eigenvalue weighted by Crippen LogP contribution is 2.23. The van der Waals surface area contributed by atoms with E-state index in [-0.39, 0.29) is 5.69 Å². The van der Waals surface area contributed by atoms with Gasteiger partial charge in [-0.25, -0.2) is 9.18 Å². The number of halogens is 1. The van der Waals surface area contributed by atoms with Crippen LogP contribution in [-0.4, -0.2) is 21.3 Å². The lowest BCUT2D eigenvalue weighted by Gasteiger charge is -2.10. The van der Waals surface area contributed by atoms with Gasteiger partial charge in [0.1, 0.15) is 5.82 Å². The molecule has 0 fully saturated rings. The van der Waals surface area contributed by atoms with E-state index in [1.165, 1.54) is 0 Å². The van der Waals surface area contributed by atoms with Crippen molar-refractivity contribution < 1.29 is 14.3 Å². The fraction of sp³-hybridized carbons (Fsp3) is 0.167. The highest BCUT2D eigenvalue weighted by atomic mass is 19.1. The Morgan fingerprint density at radius 3 is 2.89 bits per heavy atom. The van der Waals surface area contributed by atoms with Crippen LogP contribution in [0.2, 0.25) is 0 Å². The van der Waals surface area contributed by atoms with Crippen LogP contribution < -0.4 is 11.1 Å². The largest absolute Gasteiger partial charge is 0.478 e. The maximum Gasteiger partial charge on any atom is 0.338 e. The molecule has 2 aromatic rings. The van der Waals surface area contributed by atoms with Gasteiger partial charge >= 0.3 is 5.97 Å². The number of aromatic nitrogens is 2. The third-order valence-corrected chi connectivity index (χ3v) is 2.77. The zero-order valence-electron chi connectivity index (χ0n) is 10.2. The molecular weight excluding hydrogens is 251 g/mol. The number of carbonyl (C=O) groups is 1. The van der Waals surface area contributed by atoms with Crippen molar-refractivity contribution in [2.75, 3.05) is 11.1 Å². The first-order chi connectivity index (χ1) is 8.99. The minimum atomic E-state index is -1.35. The molecule has 2 rings (SSSR count). The average molecular weight is 264 g/mol. The highest BCUT2D eigenvalue weighted by molar-refractivity contribution is 5.90. The Bertz CT molecular complexity index is 624. The molecule has 1 heterocycles. The fourth-order valence-corrected chi connectivity index (χ4v) is 1.65. The Kier molecular flexibility index (Phi) is 3.37. The van der Waals surface area contributed by atoms with Gasteiger partial charge < -0.3 is 16.2 Å². The summed E-state index contributed by atoms with van der Waals surface area (Å²) in [5, 5.41) is 18.4.